The number of benzene rings is 2. The number of rotatable bonds is 6. The first kappa shape index (κ1) is 13.1. The van der Waals surface area contributed by atoms with Crippen molar-refractivity contribution in [2.24, 2.45) is 11.7 Å². The van der Waals surface area contributed by atoms with Crippen molar-refractivity contribution < 1.29 is 0 Å². The van der Waals surface area contributed by atoms with E-state index in [0.29, 0.717) is 5.92 Å². The summed E-state index contributed by atoms with van der Waals surface area (Å²) in [4.78, 5) is 0. The van der Waals surface area contributed by atoms with Gasteiger partial charge in [-0.1, -0.05) is 49.4 Å². The Kier molecular flexibility index (Phi) is 4.73. The Morgan fingerprint density at radius 2 is 1.89 bits per heavy atom. The highest BCUT2D eigenvalue weighted by molar-refractivity contribution is 5.85. The van der Waals surface area contributed by atoms with Gasteiger partial charge < -0.3 is 11.1 Å². The van der Waals surface area contributed by atoms with Gasteiger partial charge in [-0.05, 0) is 48.3 Å². The van der Waals surface area contributed by atoms with Crippen molar-refractivity contribution >= 4 is 10.8 Å². The van der Waals surface area contributed by atoms with Gasteiger partial charge in [-0.2, -0.15) is 0 Å². The molecule has 3 N–H and O–H groups in total. The summed E-state index contributed by atoms with van der Waals surface area (Å²) in [6, 6.07) is 15.1. The van der Waals surface area contributed by atoms with E-state index in [0.717, 1.165) is 26.1 Å². The molecular weight excluding hydrogens is 220 g/mol. The van der Waals surface area contributed by atoms with E-state index in [1.807, 2.05) is 0 Å². The molecule has 0 amide bonds. The van der Waals surface area contributed by atoms with Gasteiger partial charge in [0.15, 0.2) is 0 Å². The van der Waals surface area contributed by atoms with Crippen LogP contribution in [0, 0.1) is 5.92 Å². The van der Waals surface area contributed by atoms with Gasteiger partial charge in [0.1, 0.15) is 0 Å². The number of hydrogen-bond donors (Lipinski definition) is 2. The van der Waals surface area contributed by atoms with Crippen LogP contribution >= 0.6 is 0 Å². The van der Waals surface area contributed by atoms with E-state index in [4.69, 9.17) is 5.73 Å². The molecule has 1 unspecified atom stereocenters. The van der Waals surface area contributed by atoms with E-state index in [-0.39, 0.29) is 0 Å². The van der Waals surface area contributed by atoms with Gasteiger partial charge in [0.25, 0.3) is 0 Å². The molecule has 96 valence electrons. The second-order valence-electron chi connectivity index (χ2n) is 4.93. The lowest BCUT2D eigenvalue weighted by Crippen LogP contribution is -2.27. The summed E-state index contributed by atoms with van der Waals surface area (Å²) in [5, 5.41) is 6.16. The van der Waals surface area contributed by atoms with Crippen molar-refractivity contribution in [3.8, 4) is 0 Å². The molecular formula is C16H22N2. The number of nitrogens with one attached hydrogen (secondary N) is 1. The molecule has 2 aromatic carbocycles. The second-order valence-corrected chi connectivity index (χ2v) is 4.93. The lowest BCUT2D eigenvalue weighted by Gasteiger charge is -2.11. The summed E-state index contributed by atoms with van der Waals surface area (Å²) in [6.07, 6.45) is 1.07. The third-order valence-electron chi connectivity index (χ3n) is 3.35. The third-order valence-corrected chi connectivity index (χ3v) is 3.35. The van der Waals surface area contributed by atoms with Gasteiger partial charge in [0, 0.05) is 0 Å². The minimum absolute atomic E-state index is 0.553. The molecule has 0 aliphatic heterocycles. The van der Waals surface area contributed by atoms with Gasteiger partial charge in [0.2, 0.25) is 0 Å². The SMILES string of the molecule is CC(CN)CNCCc1cccc2ccccc12. The number of fused-ring (bicyclic) bond motifs is 1. The van der Waals surface area contributed by atoms with E-state index in [9.17, 15) is 0 Å². The third kappa shape index (κ3) is 3.31. The summed E-state index contributed by atoms with van der Waals surface area (Å²) in [5.74, 6) is 0.553. The molecule has 1 atom stereocenters. The van der Waals surface area contributed by atoms with Crippen molar-refractivity contribution in [1.82, 2.24) is 5.32 Å². The van der Waals surface area contributed by atoms with Crippen LogP contribution in [0.5, 0.6) is 0 Å². The van der Waals surface area contributed by atoms with Crippen molar-refractivity contribution in [3.05, 3.63) is 48.0 Å². The Bertz CT molecular complexity index is 488. The highest BCUT2D eigenvalue weighted by Gasteiger charge is 2.01. The van der Waals surface area contributed by atoms with E-state index in [1.54, 1.807) is 0 Å². The van der Waals surface area contributed by atoms with Crippen LogP contribution in [-0.2, 0) is 6.42 Å². The topological polar surface area (TPSA) is 38.0 Å². The molecule has 2 nitrogen and oxygen atoms in total. The van der Waals surface area contributed by atoms with E-state index in [2.05, 4.69) is 54.7 Å². The maximum absolute atomic E-state index is 5.60. The Balaban J connectivity index is 1.95. The summed E-state index contributed by atoms with van der Waals surface area (Å²) in [5.41, 5.74) is 7.02. The molecule has 0 bridgehead atoms. The van der Waals surface area contributed by atoms with Gasteiger partial charge in [-0.25, -0.2) is 0 Å². The quantitative estimate of drug-likeness (QED) is 0.764. The second kappa shape index (κ2) is 6.53. The Hall–Kier alpha value is -1.38. The van der Waals surface area contributed by atoms with Gasteiger partial charge in [0.05, 0.1) is 0 Å². The first-order valence-corrected chi connectivity index (χ1v) is 6.68. The first-order valence-electron chi connectivity index (χ1n) is 6.68. The summed E-state index contributed by atoms with van der Waals surface area (Å²) >= 11 is 0. The van der Waals surface area contributed by atoms with E-state index in [1.165, 1.54) is 16.3 Å². The summed E-state index contributed by atoms with van der Waals surface area (Å²) in [6.45, 7) is 4.94. The highest BCUT2D eigenvalue weighted by atomic mass is 14.9. The van der Waals surface area contributed by atoms with Crippen molar-refractivity contribution in [2.75, 3.05) is 19.6 Å². The monoisotopic (exact) mass is 242 g/mol. The molecule has 2 heteroatoms. The fourth-order valence-corrected chi connectivity index (χ4v) is 2.17. The zero-order chi connectivity index (χ0) is 12.8. The highest BCUT2D eigenvalue weighted by Crippen LogP contribution is 2.18. The average molecular weight is 242 g/mol. The predicted octanol–water partition coefficient (Wildman–Crippen LogP) is 2.57. The van der Waals surface area contributed by atoms with Gasteiger partial charge in [-0.3, -0.25) is 0 Å². The first-order chi connectivity index (χ1) is 8.81. The molecule has 0 radical (unpaired) electrons. The standard InChI is InChI=1S/C16H22N2/c1-13(11-17)12-18-10-9-15-7-4-6-14-5-2-3-8-16(14)15/h2-8,13,18H,9-12,17H2,1H3. The Labute approximate surface area is 109 Å². The minimum Gasteiger partial charge on any atom is -0.330 e. The average Bonchev–Trinajstić information content (AvgIpc) is 2.43. The van der Waals surface area contributed by atoms with Crippen LogP contribution in [0.1, 0.15) is 12.5 Å². The van der Waals surface area contributed by atoms with Gasteiger partial charge >= 0.3 is 0 Å². The smallest absolute Gasteiger partial charge is 0.000801 e. The largest absolute Gasteiger partial charge is 0.330 e. The Morgan fingerprint density at radius 3 is 2.72 bits per heavy atom. The molecule has 18 heavy (non-hydrogen) atoms. The molecule has 0 spiro atoms. The zero-order valence-corrected chi connectivity index (χ0v) is 11.0. The lowest BCUT2D eigenvalue weighted by atomic mass is 10.0. The molecule has 0 aromatic heterocycles. The number of hydrogen-bond acceptors (Lipinski definition) is 2. The normalized spacial score (nSPS) is 12.8. The molecule has 0 fully saturated rings. The van der Waals surface area contributed by atoms with Crippen molar-refractivity contribution in [3.63, 3.8) is 0 Å². The van der Waals surface area contributed by atoms with Crippen LogP contribution in [0.2, 0.25) is 0 Å². The summed E-state index contributed by atoms with van der Waals surface area (Å²) in [7, 11) is 0. The van der Waals surface area contributed by atoms with Crippen LogP contribution in [0.25, 0.3) is 10.8 Å². The van der Waals surface area contributed by atoms with Crippen molar-refractivity contribution in [2.45, 2.75) is 13.3 Å². The maximum Gasteiger partial charge on any atom is -0.000801 e. The fourth-order valence-electron chi connectivity index (χ4n) is 2.17. The molecule has 0 aliphatic carbocycles. The zero-order valence-electron chi connectivity index (χ0n) is 11.0. The lowest BCUT2D eigenvalue weighted by molar-refractivity contribution is 0.525. The van der Waals surface area contributed by atoms with Crippen LogP contribution in [0.3, 0.4) is 0 Å². The van der Waals surface area contributed by atoms with Crippen LogP contribution in [-0.4, -0.2) is 19.6 Å². The Morgan fingerprint density at radius 1 is 1.11 bits per heavy atom. The molecule has 2 rings (SSSR count). The van der Waals surface area contributed by atoms with Gasteiger partial charge in [-0.15, -0.1) is 0 Å². The molecule has 2 aromatic rings. The van der Waals surface area contributed by atoms with E-state index < -0.39 is 0 Å². The van der Waals surface area contributed by atoms with Crippen LogP contribution < -0.4 is 11.1 Å². The molecule has 0 saturated heterocycles. The predicted molar refractivity (Wildman–Crippen MR) is 78.7 cm³/mol. The van der Waals surface area contributed by atoms with Crippen LogP contribution in [0.15, 0.2) is 42.5 Å². The fraction of sp³-hybridized carbons (Fsp3) is 0.375. The van der Waals surface area contributed by atoms with Crippen LogP contribution in [0.4, 0.5) is 0 Å². The number of nitrogens with two attached hydrogens (primary N) is 1. The van der Waals surface area contributed by atoms with Crippen molar-refractivity contribution in [1.29, 1.82) is 0 Å². The molecule has 0 aliphatic rings. The summed E-state index contributed by atoms with van der Waals surface area (Å²) < 4.78 is 0. The molecule has 0 heterocycles. The van der Waals surface area contributed by atoms with E-state index >= 15 is 0 Å². The maximum atomic E-state index is 5.60. The minimum atomic E-state index is 0.553. The molecule has 0 saturated carbocycles.